The number of aromatic nitrogens is 4. The number of piperidine rings is 1. The van der Waals surface area contributed by atoms with Gasteiger partial charge >= 0.3 is 0 Å². The second kappa shape index (κ2) is 8.05. The molecule has 1 amide bonds. The van der Waals surface area contributed by atoms with Crippen molar-refractivity contribution in [2.75, 3.05) is 47.4 Å². The fourth-order valence-corrected chi connectivity index (χ4v) is 4.63. The summed E-state index contributed by atoms with van der Waals surface area (Å²) in [5, 5.41) is 7.64. The Bertz CT molecular complexity index is 1130. The molecular formula is C23H30N8O. The number of rotatable bonds is 4. The standard InChI is InChI=1S/C23H30N8O/c1-3-19(32)30-12-13-31(17-7-5-4-6-16(17)30)22-20-21(27-28-22)26-18(14-25-20)29-10-8-23(2,15-24)9-11-29/h4-7,14H,3,8-13,15,24H2,1-2H3,(H,26,27,28). The monoisotopic (exact) mass is 434 g/mol. The summed E-state index contributed by atoms with van der Waals surface area (Å²) < 4.78 is 0. The van der Waals surface area contributed by atoms with Crippen molar-refractivity contribution >= 4 is 40.1 Å². The van der Waals surface area contributed by atoms with Gasteiger partial charge in [-0.2, -0.15) is 5.10 Å². The third kappa shape index (κ3) is 3.46. The number of nitrogens with two attached hydrogens (primary N) is 1. The average molecular weight is 435 g/mol. The van der Waals surface area contributed by atoms with Gasteiger partial charge in [-0.1, -0.05) is 26.0 Å². The van der Waals surface area contributed by atoms with E-state index in [2.05, 4.69) is 26.9 Å². The molecule has 3 aromatic rings. The molecule has 2 aliphatic rings. The molecule has 3 N–H and O–H groups in total. The van der Waals surface area contributed by atoms with Crippen LogP contribution in [-0.2, 0) is 4.79 Å². The molecule has 2 aliphatic heterocycles. The Morgan fingerprint density at radius 1 is 1.16 bits per heavy atom. The number of carbonyl (C=O) groups excluding carboxylic acids is 1. The number of amides is 1. The number of nitrogens with one attached hydrogen (secondary N) is 1. The third-order valence-electron chi connectivity index (χ3n) is 6.90. The maximum atomic E-state index is 12.4. The van der Waals surface area contributed by atoms with Crippen LogP contribution in [0.5, 0.6) is 0 Å². The Hall–Kier alpha value is -3.20. The molecule has 0 saturated carbocycles. The predicted octanol–water partition coefficient (Wildman–Crippen LogP) is 2.81. The Kier molecular flexibility index (Phi) is 5.21. The molecule has 1 aromatic carbocycles. The lowest BCUT2D eigenvalue weighted by atomic mass is 9.80. The van der Waals surface area contributed by atoms with Crippen molar-refractivity contribution in [1.29, 1.82) is 0 Å². The Morgan fingerprint density at radius 3 is 2.62 bits per heavy atom. The molecule has 168 valence electrons. The molecule has 32 heavy (non-hydrogen) atoms. The highest BCUT2D eigenvalue weighted by Gasteiger charge is 2.31. The zero-order valence-corrected chi connectivity index (χ0v) is 18.7. The van der Waals surface area contributed by atoms with E-state index in [0.29, 0.717) is 31.7 Å². The molecule has 5 rings (SSSR count). The van der Waals surface area contributed by atoms with Gasteiger partial charge in [0.2, 0.25) is 5.91 Å². The summed E-state index contributed by atoms with van der Waals surface area (Å²) in [5.74, 6) is 1.73. The summed E-state index contributed by atoms with van der Waals surface area (Å²) in [6, 6.07) is 7.95. The number of benzene rings is 1. The molecule has 1 fully saturated rings. The summed E-state index contributed by atoms with van der Waals surface area (Å²) in [6.45, 7) is 7.98. The van der Waals surface area contributed by atoms with E-state index in [0.717, 1.165) is 54.5 Å². The highest BCUT2D eigenvalue weighted by molar-refractivity contribution is 6.00. The van der Waals surface area contributed by atoms with E-state index >= 15 is 0 Å². The van der Waals surface area contributed by atoms with Crippen molar-refractivity contribution in [3.05, 3.63) is 30.5 Å². The topological polar surface area (TPSA) is 107 Å². The van der Waals surface area contributed by atoms with Crippen molar-refractivity contribution in [3.63, 3.8) is 0 Å². The summed E-state index contributed by atoms with van der Waals surface area (Å²) in [5.41, 5.74) is 9.44. The van der Waals surface area contributed by atoms with Crippen LogP contribution in [0.25, 0.3) is 11.2 Å². The molecule has 0 bridgehead atoms. The molecule has 0 spiro atoms. The Labute approximate surface area is 187 Å². The van der Waals surface area contributed by atoms with Gasteiger partial charge in [0, 0.05) is 32.6 Å². The zero-order valence-electron chi connectivity index (χ0n) is 18.7. The van der Waals surface area contributed by atoms with Gasteiger partial charge in [0.25, 0.3) is 0 Å². The molecule has 9 nitrogen and oxygen atoms in total. The number of para-hydroxylation sites is 2. The fraction of sp³-hybridized carbons (Fsp3) is 0.478. The van der Waals surface area contributed by atoms with Crippen LogP contribution >= 0.6 is 0 Å². The second-order valence-electron chi connectivity index (χ2n) is 9.01. The third-order valence-corrected chi connectivity index (χ3v) is 6.90. The van der Waals surface area contributed by atoms with E-state index in [1.165, 1.54) is 0 Å². The SMILES string of the molecule is CCC(=O)N1CCN(c2n[nH]c3nc(N4CCC(C)(CN)CC4)cnc23)c2ccccc21. The van der Waals surface area contributed by atoms with Crippen LogP contribution in [0.4, 0.5) is 23.0 Å². The van der Waals surface area contributed by atoms with Gasteiger partial charge in [-0.15, -0.1) is 0 Å². The molecule has 0 aliphatic carbocycles. The van der Waals surface area contributed by atoms with Gasteiger partial charge in [0.15, 0.2) is 17.0 Å². The van der Waals surface area contributed by atoms with Gasteiger partial charge in [-0.3, -0.25) is 9.89 Å². The molecule has 4 heterocycles. The number of nitrogens with zero attached hydrogens (tertiary/aromatic N) is 6. The first-order chi connectivity index (χ1) is 15.5. The van der Waals surface area contributed by atoms with Gasteiger partial charge in [-0.25, -0.2) is 9.97 Å². The minimum Gasteiger partial charge on any atom is -0.355 e. The van der Waals surface area contributed by atoms with E-state index in [9.17, 15) is 4.79 Å². The molecule has 0 unspecified atom stereocenters. The van der Waals surface area contributed by atoms with E-state index in [4.69, 9.17) is 15.7 Å². The highest BCUT2D eigenvalue weighted by atomic mass is 16.2. The summed E-state index contributed by atoms with van der Waals surface area (Å²) in [4.78, 5) is 28.3. The van der Waals surface area contributed by atoms with E-state index in [1.807, 2.05) is 42.3 Å². The van der Waals surface area contributed by atoms with Gasteiger partial charge in [0.05, 0.1) is 17.6 Å². The van der Waals surface area contributed by atoms with Crippen LogP contribution in [0.3, 0.4) is 0 Å². The lowest BCUT2D eigenvalue weighted by molar-refractivity contribution is -0.118. The maximum absolute atomic E-state index is 12.4. The maximum Gasteiger partial charge on any atom is 0.226 e. The molecular weight excluding hydrogens is 404 g/mol. The number of H-pyrrole nitrogens is 1. The summed E-state index contributed by atoms with van der Waals surface area (Å²) in [6.07, 6.45) is 4.42. The minimum atomic E-state index is 0.126. The molecule has 0 atom stereocenters. The van der Waals surface area contributed by atoms with Crippen LogP contribution in [0, 0.1) is 5.41 Å². The first-order valence-electron chi connectivity index (χ1n) is 11.4. The van der Waals surface area contributed by atoms with Crippen LogP contribution in [0.15, 0.2) is 30.5 Å². The van der Waals surface area contributed by atoms with E-state index < -0.39 is 0 Å². The lowest BCUT2D eigenvalue weighted by Crippen LogP contribution is -2.42. The number of carbonyl (C=O) groups is 1. The molecule has 2 aromatic heterocycles. The summed E-state index contributed by atoms with van der Waals surface area (Å²) >= 11 is 0. The second-order valence-corrected chi connectivity index (χ2v) is 9.01. The normalized spacial score (nSPS) is 18.2. The zero-order chi connectivity index (χ0) is 22.3. The lowest BCUT2D eigenvalue weighted by Gasteiger charge is -2.39. The van der Waals surface area contributed by atoms with Crippen molar-refractivity contribution in [1.82, 2.24) is 20.2 Å². The Morgan fingerprint density at radius 2 is 1.91 bits per heavy atom. The van der Waals surface area contributed by atoms with Crippen LogP contribution in [-0.4, -0.2) is 58.8 Å². The van der Waals surface area contributed by atoms with Crippen molar-refractivity contribution in [2.24, 2.45) is 11.1 Å². The molecule has 9 heteroatoms. The van der Waals surface area contributed by atoms with E-state index in [-0.39, 0.29) is 11.3 Å². The summed E-state index contributed by atoms with van der Waals surface area (Å²) in [7, 11) is 0. The predicted molar refractivity (Wildman–Crippen MR) is 126 cm³/mol. The van der Waals surface area contributed by atoms with Crippen molar-refractivity contribution in [2.45, 2.75) is 33.1 Å². The van der Waals surface area contributed by atoms with Crippen molar-refractivity contribution < 1.29 is 4.79 Å². The first kappa shape index (κ1) is 20.7. The number of fused-ring (bicyclic) bond motifs is 2. The highest BCUT2D eigenvalue weighted by Crippen LogP contribution is 2.39. The Balaban J connectivity index is 1.44. The number of hydrogen-bond acceptors (Lipinski definition) is 7. The smallest absolute Gasteiger partial charge is 0.226 e. The van der Waals surface area contributed by atoms with Crippen molar-refractivity contribution in [3.8, 4) is 0 Å². The van der Waals surface area contributed by atoms with Crippen LogP contribution in [0.2, 0.25) is 0 Å². The van der Waals surface area contributed by atoms with Gasteiger partial charge < -0.3 is 20.4 Å². The number of anilines is 4. The largest absolute Gasteiger partial charge is 0.355 e. The first-order valence-corrected chi connectivity index (χ1v) is 11.4. The number of aromatic amines is 1. The minimum absolute atomic E-state index is 0.126. The molecule has 1 saturated heterocycles. The van der Waals surface area contributed by atoms with Gasteiger partial charge in [0.1, 0.15) is 5.82 Å². The van der Waals surface area contributed by atoms with Crippen LogP contribution in [0.1, 0.15) is 33.1 Å². The van der Waals surface area contributed by atoms with Crippen LogP contribution < -0.4 is 20.4 Å². The van der Waals surface area contributed by atoms with E-state index in [1.54, 1.807) is 0 Å². The van der Waals surface area contributed by atoms with Gasteiger partial charge in [-0.05, 0) is 36.9 Å². The number of hydrogen-bond donors (Lipinski definition) is 2. The average Bonchev–Trinajstić information content (AvgIpc) is 3.26. The fourth-order valence-electron chi connectivity index (χ4n) is 4.63. The quantitative estimate of drug-likeness (QED) is 0.650. The molecule has 0 radical (unpaired) electrons.